The van der Waals surface area contributed by atoms with Crippen molar-refractivity contribution in [1.29, 1.82) is 0 Å². The van der Waals surface area contributed by atoms with Crippen molar-refractivity contribution >= 4 is 43.2 Å². The lowest BCUT2D eigenvalue weighted by atomic mass is 10.2. The fraction of sp³-hybridized carbons (Fsp3) is 0.0909. The molecule has 9 heteroatoms. The maximum Gasteiger partial charge on any atom is 0.396 e. The van der Waals surface area contributed by atoms with E-state index in [9.17, 15) is 18.0 Å². The van der Waals surface area contributed by atoms with Gasteiger partial charge in [0.05, 0.1) is 21.9 Å². The van der Waals surface area contributed by atoms with Crippen LogP contribution in [0.5, 0.6) is 5.75 Å². The van der Waals surface area contributed by atoms with E-state index in [1.165, 1.54) is 54.6 Å². The van der Waals surface area contributed by atoms with Crippen LogP contribution in [0.2, 0.25) is 0 Å². The topological polar surface area (TPSA) is 93.9 Å². The zero-order chi connectivity index (χ0) is 22.0. The molecule has 0 fully saturated rings. The number of hydrogen-bond donors (Lipinski definition) is 0. The molecule has 0 aliphatic rings. The molecule has 0 aliphatic carbocycles. The Morgan fingerprint density at radius 1 is 1.03 bits per heavy atom. The van der Waals surface area contributed by atoms with Crippen molar-refractivity contribution in [2.24, 2.45) is 0 Å². The fourth-order valence-electron chi connectivity index (χ4n) is 3.03. The largest absolute Gasteiger partial charge is 0.494 e. The number of benzene rings is 3. The second kappa shape index (κ2) is 8.37. The van der Waals surface area contributed by atoms with Crippen LogP contribution < -0.4 is 14.0 Å². The minimum Gasteiger partial charge on any atom is -0.494 e. The third kappa shape index (κ3) is 4.10. The normalized spacial score (nSPS) is 11.4. The Balaban J connectivity index is 1.86. The van der Waals surface area contributed by atoms with Crippen LogP contribution in [0.3, 0.4) is 0 Å². The molecule has 1 heterocycles. The van der Waals surface area contributed by atoms with E-state index in [0.717, 1.165) is 15.6 Å². The quantitative estimate of drug-likeness (QED) is 0.431. The molecule has 7 nitrogen and oxygen atoms in total. The summed E-state index contributed by atoms with van der Waals surface area (Å²) in [6, 6.07) is 18.3. The monoisotopic (exact) mass is 455 g/mol. The summed E-state index contributed by atoms with van der Waals surface area (Å²) in [5, 5.41) is 0. The predicted octanol–water partition coefficient (Wildman–Crippen LogP) is 4.29. The summed E-state index contributed by atoms with van der Waals surface area (Å²) in [6.45, 7) is 2.27. The Morgan fingerprint density at radius 3 is 2.42 bits per heavy atom. The first-order valence-corrected chi connectivity index (χ1v) is 11.6. The number of fused-ring (bicyclic) bond motifs is 1. The average Bonchev–Trinajstić information content (AvgIpc) is 3.14. The van der Waals surface area contributed by atoms with Gasteiger partial charge in [-0.3, -0.25) is 4.79 Å². The van der Waals surface area contributed by atoms with Gasteiger partial charge in [-0.1, -0.05) is 29.5 Å². The van der Waals surface area contributed by atoms with Crippen molar-refractivity contribution in [1.82, 2.24) is 0 Å². The van der Waals surface area contributed by atoms with Gasteiger partial charge < -0.3 is 9.15 Å². The van der Waals surface area contributed by atoms with Gasteiger partial charge in [-0.25, -0.2) is 13.2 Å². The summed E-state index contributed by atoms with van der Waals surface area (Å²) in [6.07, 6.45) is 0. The van der Waals surface area contributed by atoms with Crippen molar-refractivity contribution in [3.8, 4) is 5.75 Å². The molecule has 0 N–H and O–H groups in total. The molecule has 0 saturated carbocycles. The number of carbonyl (C=O) groups excluding carboxylic acids is 1. The average molecular weight is 456 g/mol. The summed E-state index contributed by atoms with van der Waals surface area (Å²) in [4.78, 5) is 24.3. The van der Waals surface area contributed by atoms with E-state index in [0.29, 0.717) is 22.6 Å². The lowest BCUT2D eigenvalue weighted by Gasteiger charge is -2.23. The van der Waals surface area contributed by atoms with Gasteiger partial charge >= 0.3 is 4.94 Å². The van der Waals surface area contributed by atoms with Crippen molar-refractivity contribution in [3.05, 3.63) is 88.1 Å². The number of hydrogen-bond acceptors (Lipinski definition) is 7. The van der Waals surface area contributed by atoms with E-state index < -0.39 is 20.9 Å². The van der Waals surface area contributed by atoms with Crippen molar-refractivity contribution in [3.63, 3.8) is 0 Å². The molecule has 0 saturated heterocycles. The van der Waals surface area contributed by atoms with Gasteiger partial charge in [0.25, 0.3) is 15.9 Å². The molecular weight excluding hydrogens is 438 g/mol. The van der Waals surface area contributed by atoms with Crippen LogP contribution >= 0.6 is 11.3 Å². The second-order valence-electron chi connectivity index (χ2n) is 6.43. The number of nitrogens with zero attached hydrogens (tertiary/aromatic N) is 1. The van der Waals surface area contributed by atoms with E-state index in [2.05, 4.69) is 0 Å². The number of amides is 1. The molecule has 1 aromatic heterocycles. The van der Waals surface area contributed by atoms with Gasteiger partial charge in [0, 0.05) is 5.56 Å². The maximum atomic E-state index is 13.5. The molecule has 0 atom stereocenters. The van der Waals surface area contributed by atoms with Crippen molar-refractivity contribution in [2.75, 3.05) is 10.9 Å². The lowest BCUT2D eigenvalue weighted by Crippen LogP contribution is -2.37. The Bertz CT molecular complexity index is 1390. The molecule has 0 aliphatic heterocycles. The number of sulfonamides is 1. The van der Waals surface area contributed by atoms with Crippen LogP contribution in [0, 0.1) is 0 Å². The molecule has 4 aromatic rings. The van der Waals surface area contributed by atoms with Crippen LogP contribution in [0.4, 0.5) is 5.69 Å². The molecule has 0 bridgehead atoms. The summed E-state index contributed by atoms with van der Waals surface area (Å²) < 4.78 is 38.7. The molecule has 3 aromatic carbocycles. The highest BCUT2D eigenvalue weighted by Gasteiger charge is 2.32. The van der Waals surface area contributed by atoms with Gasteiger partial charge in [0.15, 0.2) is 0 Å². The predicted molar refractivity (Wildman–Crippen MR) is 118 cm³/mol. The minimum atomic E-state index is -4.27. The molecule has 31 heavy (non-hydrogen) atoms. The molecule has 0 radical (unpaired) electrons. The number of rotatable bonds is 6. The molecule has 0 unspecified atom stereocenters. The van der Waals surface area contributed by atoms with E-state index in [-0.39, 0.29) is 16.1 Å². The summed E-state index contributed by atoms with van der Waals surface area (Å²) in [5.74, 6) is -0.198. The van der Waals surface area contributed by atoms with Crippen molar-refractivity contribution < 1.29 is 22.4 Å². The fourth-order valence-corrected chi connectivity index (χ4v) is 5.14. The van der Waals surface area contributed by atoms with Crippen LogP contribution in [0.25, 0.3) is 10.3 Å². The van der Waals surface area contributed by atoms with Crippen LogP contribution in [-0.2, 0) is 10.0 Å². The smallest absolute Gasteiger partial charge is 0.396 e. The van der Waals surface area contributed by atoms with E-state index in [1.54, 1.807) is 18.2 Å². The van der Waals surface area contributed by atoms with Gasteiger partial charge in [-0.15, -0.1) is 0 Å². The maximum absolute atomic E-state index is 13.5. The molecule has 1 amide bonds. The standard InChI is InChI=1S/C22H17NO6S2/c1-2-28-17-9-11-18(12-10-17)31(26,27)23(21(24)15-6-4-3-5-7-15)16-8-13-19-20(14-16)30-22(25)29-19/h3-14H,2H2,1H3. The van der Waals surface area contributed by atoms with Crippen molar-refractivity contribution in [2.45, 2.75) is 11.8 Å². The molecule has 0 spiro atoms. The Hall–Kier alpha value is -3.43. The summed E-state index contributed by atoms with van der Waals surface area (Å²) >= 11 is 0.834. The van der Waals surface area contributed by atoms with Crippen LogP contribution in [-0.4, -0.2) is 20.9 Å². The lowest BCUT2D eigenvalue weighted by molar-refractivity contribution is 0.101. The highest BCUT2D eigenvalue weighted by Crippen LogP contribution is 2.30. The number of ether oxygens (including phenoxy) is 1. The Kier molecular flexibility index (Phi) is 5.62. The van der Waals surface area contributed by atoms with Gasteiger partial charge in [-0.05, 0) is 61.5 Å². The SMILES string of the molecule is CCOc1ccc(S(=O)(=O)N(C(=O)c2ccccc2)c2ccc3oc(=O)sc3c2)cc1. The molecular formula is C22H17NO6S2. The Labute approximate surface area is 182 Å². The zero-order valence-corrected chi connectivity index (χ0v) is 18.0. The number of carbonyl (C=O) groups is 1. The number of anilines is 1. The highest BCUT2D eigenvalue weighted by atomic mass is 32.2. The van der Waals surface area contributed by atoms with Crippen LogP contribution in [0.1, 0.15) is 17.3 Å². The van der Waals surface area contributed by atoms with Crippen LogP contribution in [0.15, 0.2) is 86.9 Å². The zero-order valence-electron chi connectivity index (χ0n) is 16.3. The molecule has 4 rings (SSSR count). The second-order valence-corrected chi connectivity index (χ2v) is 9.19. The highest BCUT2D eigenvalue weighted by molar-refractivity contribution is 7.93. The third-order valence-electron chi connectivity index (χ3n) is 4.43. The van der Waals surface area contributed by atoms with E-state index in [1.807, 2.05) is 6.92 Å². The summed E-state index contributed by atoms with van der Waals surface area (Å²) in [5.41, 5.74) is 0.633. The third-order valence-corrected chi connectivity index (χ3v) is 6.94. The first-order chi connectivity index (χ1) is 14.9. The van der Waals surface area contributed by atoms with Gasteiger partial charge in [0.2, 0.25) is 0 Å². The first kappa shape index (κ1) is 20.8. The first-order valence-electron chi connectivity index (χ1n) is 9.31. The van der Waals surface area contributed by atoms with Gasteiger partial charge in [0.1, 0.15) is 11.3 Å². The van der Waals surface area contributed by atoms with E-state index >= 15 is 0 Å². The van der Waals surface area contributed by atoms with E-state index in [4.69, 9.17) is 9.15 Å². The minimum absolute atomic E-state index is 0.0688. The summed E-state index contributed by atoms with van der Waals surface area (Å²) in [7, 11) is -4.27. The Morgan fingerprint density at radius 2 is 1.74 bits per heavy atom. The molecule has 158 valence electrons. The van der Waals surface area contributed by atoms with Gasteiger partial charge in [-0.2, -0.15) is 4.31 Å².